The third-order valence-corrected chi connectivity index (χ3v) is 4.11. The predicted molar refractivity (Wildman–Crippen MR) is 66.5 cm³/mol. The molecule has 1 saturated heterocycles. The van der Waals surface area contributed by atoms with Gasteiger partial charge >= 0.3 is 0 Å². The van der Waals surface area contributed by atoms with Crippen LogP contribution in [0.25, 0.3) is 0 Å². The molecule has 0 spiro atoms. The molecular weight excluding hydrogens is 200 g/mol. The van der Waals surface area contributed by atoms with Crippen molar-refractivity contribution in [2.24, 2.45) is 5.92 Å². The van der Waals surface area contributed by atoms with Crippen LogP contribution in [0.15, 0.2) is 0 Å². The van der Waals surface area contributed by atoms with Crippen LogP contribution in [0.2, 0.25) is 0 Å². The van der Waals surface area contributed by atoms with Gasteiger partial charge in [0.25, 0.3) is 0 Å². The molecule has 2 rings (SSSR count). The Morgan fingerprint density at radius 3 is 2.69 bits per heavy atom. The summed E-state index contributed by atoms with van der Waals surface area (Å²) in [5.74, 6) is 0.794. The number of hydrogen-bond donors (Lipinski definition) is 2. The summed E-state index contributed by atoms with van der Waals surface area (Å²) in [5.41, 5.74) is 0. The Balaban J connectivity index is 1.58. The van der Waals surface area contributed by atoms with E-state index in [9.17, 15) is 5.11 Å². The molecule has 1 aliphatic heterocycles. The molecule has 1 heterocycles. The number of likely N-dealkylation sites (tertiary alicyclic amines) is 1. The highest BCUT2D eigenvalue weighted by molar-refractivity contribution is 4.80. The minimum Gasteiger partial charge on any atom is -0.392 e. The van der Waals surface area contributed by atoms with E-state index in [4.69, 9.17) is 0 Å². The van der Waals surface area contributed by atoms with Gasteiger partial charge in [-0.25, -0.2) is 0 Å². The first-order valence-electron chi connectivity index (χ1n) is 6.84. The van der Waals surface area contributed by atoms with Crippen molar-refractivity contribution in [1.82, 2.24) is 10.2 Å². The fraction of sp³-hybridized carbons (Fsp3) is 1.00. The van der Waals surface area contributed by atoms with Gasteiger partial charge in [0.1, 0.15) is 0 Å². The van der Waals surface area contributed by atoms with E-state index in [-0.39, 0.29) is 6.10 Å². The van der Waals surface area contributed by atoms with Gasteiger partial charge in [-0.2, -0.15) is 0 Å². The van der Waals surface area contributed by atoms with Crippen molar-refractivity contribution in [3.05, 3.63) is 0 Å². The van der Waals surface area contributed by atoms with E-state index < -0.39 is 0 Å². The first-order chi connectivity index (χ1) is 7.74. The summed E-state index contributed by atoms with van der Waals surface area (Å²) in [5, 5.41) is 13.5. The molecule has 0 radical (unpaired) electrons. The average molecular weight is 226 g/mol. The van der Waals surface area contributed by atoms with Crippen LogP contribution in [0.5, 0.6) is 0 Å². The Morgan fingerprint density at radius 1 is 1.31 bits per heavy atom. The van der Waals surface area contributed by atoms with Gasteiger partial charge in [0.05, 0.1) is 6.10 Å². The molecule has 2 fully saturated rings. The molecule has 2 unspecified atom stereocenters. The largest absolute Gasteiger partial charge is 0.392 e. The smallest absolute Gasteiger partial charge is 0.0667 e. The number of rotatable bonds is 5. The van der Waals surface area contributed by atoms with Crippen LogP contribution in [0, 0.1) is 5.92 Å². The number of likely N-dealkylation sites (N-methyl/N-ethyl adjacent to an activating group) is 1. The number of hydrogen-bond acceptors (Lipinski definition) is 3. The normalized spacial score (nSPS) is 30.0. The molecule has 94 valence electrons. The van der Waals surface area contributed by atoms with Crippen molar-refractivity contribution in [2.45, 2.75) is 50.7 Å². The van der Waals surface area contributed by atoms with Crippen LogP contribution in [0.1, 0.15) is 38.5 Å². The molecule has 3 nitrogen and oxygen atoms in total. The molecule has 16 heavy (non-hydrogen) atoms. The lowest BCUT2D eigenvalue weighted by Gasteiger charge is -2.19. The van der Waals surface area contributed by atoms with Crippen molar-refractivity contribution >= 4 is 0 Å². The van der Waals surface area contributed by atoms with Crippen molar-refractivity contribution in [1.29, 1.82) is 0 Å². The second-order valence-electron chi connectivity index (χ2n) is 5.70. The summed E-state index contributed by atoms with van der Waals surface area (Å²) < 4.78 is 0. The second-order valence-corrected chi connectivity index (χ2v) is 5.70. The quantitative estimate of drug-likeness (QED) is 0.740. The maximum Gasteiger partial charge on any atom is 0.0667 e. The van der Waals surface area contributed by atoms with E-state index >= 15 is 0 Å². The molecule has 0 aromatic carbocycles. The summed E-state index contributed by atoms with van der Waals surface area (Å²) in [6.07, 6.45) is 7.53. The summed E-state index contributed by atoms with van der Waals surface area (Å²) >= 11 is 0. The SMILES string of the molecule is CN1CCC(NCC(O)CC2CCCC2)C1. The van der Waals surface area contributed by atoms with Crippen LogP contribution < -0.4 is 5.32 Å². The van der Waals surface area contributed by atoms with Gasteiger partial charge in [0, 0.05) is 19.1 Å². The van der Waals surface area contributed by atoms with E-state index in [0.717, 1.165) is 25.4 Å². The zero-order valence-corrected chi connectivity index (χ0v) is 10.5. The Hall–Kier alpha value is -0.120. The fourth-order valence-corrected chi connectivity index (χ4v) is 3.12. The molecule has 3 heteroatoms. The number of aliphatic hydroxyl groups is 1. The van der Waals surface area contributed by atoms with E-state index in [1.807, 2.05) is 0 Å². The van der Waals surface area contributed by atoms with E-state index in [0.29, 0.717) is 6.04 Å². The van der Waals surface area contributed by atoms with Gasteiger partial charge in [0.15, 0.2) is 0 Å². The predicted octanol–water partition coefficient (Wildman–Crippen LogP) is 1.22. The molecule has 2 atom stereocenters. The molecule has 0 aromatic heterocycles. The lowest BCUT2D eigenvalue weighted by atomic mass is 10.00. The fourth-order valence-electron chi connectivity index (χ4n) is 3.12. The summed E-state index contributed by atoms with van der Waals surface area (Å²) in [7, 11) is 2.16. The molecule has 2 aliphatic rings. The summed E-state index contributed by atoms with van der Waals surface area (Å²) in [6, 6.07) is 0.600. The standard InChI is InChI=1S/C13H26N2O/c1-15-7-6-12(10-15)14-9-13(16)8-11-4-2-3-5-11/h11-14,16H,2-10H2,1H3. The van der Waals surface area contributed by atoms with Crippen LogP contribution in [0.3, 0.4) is 0 Å². The van der Waals surface area contributed by atoms with Gasteiger partial charge < -0.3 is 15.3 Å². The minimum absolute atomic E-state index is 0.131. The molecule has 1 saturated carbocycles. The lowest BCUT2D eigenvalue weighted by molar-refractivity contribution is 0.137. The van der Waals surface area contributed by atoms with Crippen molar-refractivity contribution in [3.63, 3.8) is 0 Å². The monoisotopic (exact) mass is 226 g/mol. The number of nitrogens with zero attached hydrogens (tertiary/aromatic N) is 1. The van der Waals surface area contributed by atoms with Crippen LogP contribution >= 0.6 is 0 Å². The topological polar surface area (TPSA) is 35.5 Å². The van der Waals surface area contributed by atoms with Crippen molar-refractivity contribution in [2.75, 3.05) is 26.7 Å². The van der Waals surface area contributed by atoms with Crippen LogP contribution in [-0.4, -0.2) is 48.8 Å². The Bertz CT molecular complexity index is 204. The van der Waals surface area contributed by atoms with Crippen molar-refractivity contribution < 1.29 is 5.11 Å². The average Bonchev–Trinajstić information content (AvgIpc) is 2.87. The molecular formula is C13H26N2O. The van der Waals surface area contributed by atoms with E-state index in [1.54, 1.807) is 0 Å². The lowest BCUT2D eigenvalue weighted by Crippen LogP contribution is -2.37. The van der Waals surface area contributed by atoms with E-state index in [1.165, 1.54) is 38.6 Å². The maximum absolute atomic E-state index is 9.96. The molecule has 1 aliphatic carbocycles. The Kier molecular flexibility index (Phi) is 4.62. The highest BCUT2D eigenvalue weighted by Gasteiger charge is 2.22. The van der Waals surface area contributed by atoms with Gasteiger partial charge in [-0.15, -0.1) is 0 Å². The Morgan fingerprint density at radius 2 is 2.06 bits per heavy atom. The summed E-state index contributed by atoms with van der Waals surface area (Å²) in [4.78, 5) is 2.35. The molecule has 0 amide bonds. The van der Waals surface area contributed by atoms with Gasteiger partial charge in [-0.1, -0.05) is 25.7 Å². The van der Waals surface area contributed by atoms with Gasteiger partial charge in [0.2, 0.25) is 0 Å². The van der Waals surface area contributed by atoms with E-state index in [2.05, 4.69) is 17.3 Å². The van der Waals surface area contributed by atoms with Crippen LogP contribution in [-0.2, 0) is 0 Å². The molecule has 0 aromatic rings. The highest BCUT2D eigenvalue weighted by atomic mass is 16.3. The number of nitrogens with one attached hydrogen (secondary N) is 1. The third-order valence-electron chi connectivity index (χ3n) is 4.11. The minimum atomic E-state index is -0.131. The molecule has 0 bridgehead atoms. The molecule has 2 N–H and O–H groups in total. The third kappa shape index (κ3) is 3.72. The highest BCUT2D eigenvalue weighted by Crippen LogP contribution is 2.28. The first-order valence-corrected chi connectivity index (χ1v) is 6.84. The Labute approximate surface area is 99.2 Å². The van der Waals surface area contributed by atoms with Crippen LogP contribution in [0.4, 0.5) is 0 Å². The van der Waals surface area contributed by atoms with Crippen molar-refractivity contribution in [3.8, 4) is 0 Å². The maximum atomic E-state index is 9.96. The zero-order valence-electron chi connectivity index (χ0n) is 10.5. The summed E-state index contributed by atoms with van der Waals surface area (Å²) in [6.45, 7) is 3.11. The second kappa shape index (κ2) is 5.99. The van der Waals surface area contributed by atoms with Gasteiger partial charge in [-0.05, 0) is 32.4 Å². The number of aliphatic hydroxyl groups excluding tert-OH is 1. The first kappa shape index (κ1) is 12.3. The van der Waals surface area contributed by atoms with Gasteiger partial charge in [-0.3, -0.25) is 0 Å². The zero-order chi connectivity index (χ0) is 11.4.